The van der Waals surface area contributed by atoms with Crippen LogP contribution in [-0.2, 0) is 0 Å². The average Bonchev–Trinajstić information content (AvgIpc) is 2.59. The van der Waals surface area contributed by atoms with E-state index in [-0.39, 0.29) is 6.10 Å². The molecule has 122 valence electrons. The number of likely N-dealkylation sites (tertiary alicyclic amines) is 1. The summed E-state index contributed by atoms with van der Waals surface area (Å²) in [6.45, 7) is 3.47. The minimum Gasteiger partial charge on any atom is -0.492 e. The molecule has 0 aromatic heterocycles. The minimum atomic E-state index is -0.121. The van der Waals surface area contributed by atoms with Crippen molar-refractivity contribution >= 4 is 0 Å². The zero-order chi connectivity index (χ0) is 15.9. The summed E-state index contributed by atoms with van der Waals surface area (Å²) in [6.07, 6.45) is 1.61. The topological polar surface area (TPSA) is 41.9 Å². The molecule has 0 bridgehead atoms. The molecule has 4 nitrogen and oxygen atoms in total. The van der Waals surface area contributed by atoms with Gasteiger partial charge in [-0.05, 0) is 49.2 Å². The molecule has 0 aliphatic carbocycles. The van der Waals surface area contributed by atoms with Gasteiger partial charge in [-0.25, -0.2) is 0 Å². The van der Waals surface area contributed by atoms with Crippen LogP contribution in [0.4, 0.5) is 0 Å². The molecule has 1 saturated heterocycles. The number of benzene rings is 2. The summed E-state index contributed by atoms with van der Waals surface area (Å²) >= 11 is 0. The number of ether oxygens (including phenoxy) is 2. The van der Waals surface area contributed by atoms with Gasteiger partial charge in [-0.2, -0.15) is 0 Å². The lowest BCUT2D eigenvalue weighted by Crippen LogP contribution is -2.38. The summed E-state index contributed by atoms with van der Waals surface area (Å²) in [7, 11) is 0. The Morgan fingerprint density at radius 1 is 0.870 bits per heavy atom. The highest BCUT2D eigenvalue weighted by Gasteiger charge is 2.16. The van der Waals surface area contributed by atoms with Gasteiger partial charge in [0.2, 0.25) is 0 Å². The van der Waals surface area contributed by atoms with Crippen molar-refractivity contribution in [2.75, 3.05) is 26.2 Å². The van der Waals surface area contributed by atoms with Gasteiger partial charge >= 0.3 is 0 Å². The van der Waals surface area contributed by atoms with E-state index in [1.807, 2.05) is 54.6 Å². The van der Waals surface area contributed by atoms with Crippen molar-refractivity contribution in [3.8, 4) is 17.2 Å². The smallest absolute Gasteiger partial charge is 0.127 e. The van der Waals surface area contributed by atoms with Crippen molar-refractivity contribution in [2.45, 2.75) is 18.9 Å². The first-order valence-electron chi connectivity index (χ1n) is 8.16. The molecule has 3 rings (SSSR count). The number of aliphatic hydroxyl groups is 1. The van der Waals surface area contributed by atoms with E-state index >= 15 is 0 Å². The van der Waals surface area contributed by atoms with Gasteiger partial charge in [-0.3, -0.25) is 4.90 Å². The third-order valence-electron chi connectivity index (χ3n) is 4.04. The Kier molecular flexibility index (Phi) is 5.51. The van der Waals surface area contributed by atoms with Gasteiger partial charge in [-0.1, -0.05) is 18.2 Å². The van der Waals surface area contributed by atoms with E-state index in [2.05, 4.69) is 4.90 Å². The van der Waals surface area contributed by atoms with E-state index in [1.54, 1.807) is 0 Å². The highest BCUT2D eigenvalue weighted by atomic mass is 16.5. The van der Waals surface area contributed by atoms with Crippen LogP contribution in [0.2, 0.25) is 0 Å². The molecular formula is C19H23NO3. The third kappa shape index (κ3) is 4.98. The number of para-hydroxylation sites is 1. The van der Waals surface area contributed by atoms with Crippen LogP contribution < -0.4 is 9.47 Å². The summed E-state index contributed by atoms with van der Waals surface area (Å²) in [5, 5.41) is 9.49. The summed E-state index contributed by atoms with van der Waals surface area (Å²) in [4.78, 5) is 2.33. The molecule has 2 aromatic carbocycles. The largest absolute Gasteiger partial charge is 0.492 e. The summed E-state index contributed by atoms with van der Waals surface area (Å²) < 4.78 is 11.5. The molecule has 1 fully saturated rings. The molecule has 23 heavy (non-hydrogen) atoms. The van der Waals surface area contributed by atoms with E-state index in [9.17, 15) is 5.11 Å². The van der Waals surface area contributed by atoms with Crippen LogP contribution >= 0.6 is 0 Å². The number of aliphatic hydroxyl groups excluding tert-OH is 1. The molecule has 1 aliphatic heterocycles. The van der Waals surface area contributed by atoms with Crippen molar-refractivity contribution in [2.24, 2.45) is 0 Å². The second-order valence-electron chi connectivity index (χ2n) is 5.81. The molecule has 0 radical (unpaired) electrons. The van der Waals surface area contributed by atoms with E-state index in [0.717, 1.165) is 49.7 Å². The highest BCUT2D eigenvalue weighted by molar-refractivity contribution is 5.35. The lowest BCUT2D eigenvalue weighted by Gasteiger charge is -2.29. The second-order valence-corrected chi connectivity index (χ2v) is 5.81. The fourth-order valence-corrected chi connectivity index (χ4v) is 2.66. The van der Waals surface area contributed by atoms with Crippen LogP contribution in [0.15, 0.2) is 54.6 Å². The lowest BCUT2D eigenvalue weighted by molar-refractivity contribution is 0.0755. The Bertz CT molecular complexity index is 577. The zero-order valence-corrected chi connectivity index (χ0v) is 13.2. The van der Waals surface area contributed by atoms with Gasteiger partial charge in [0.1, 0.15) is 23.9 Å². The highest BCUT2D eigenvalue weighted by Crippen LogP contribution is 2.23. The molecule has 0 unspecified atom stereocenters. The Labute approximate surface area is 137 Å². The molecule has 0 saturated carbocycles. The predicted octanol–water partition coefficient (Wildman–Crippen LogP) is 3.31. The monoisotopic (exact) mass is 313 g/mol. The number of piperidine rings is 1. The third-order valence-corrected chi connectivity index (χ3v) is 4.04. The fourth-order valence-electron chi connectivity index (χ4n) is 2.66. The maximum atomic E-state index is 9.49. The quantitative estimate of drug-likeness (QED) is 0.888. The van der Waals surface area contributed by atoms with Gasteiger partial charge in [0.15, 0.2) is 0 Å². The molecule has 1 N–H and O–H groups in total. The normalized spacial score (nSPS) is 16.2. The van der Waals surface area contributed by atoms with Gasteiger partial charge in [0.25, 0.3) is 0 Å². The predicted molar refractivity (Wildman–Crippen MR) is 90.1 cm³/mol. The number of hydrogen-bond acceptors (Lipinski definition) is 4. The average molecular weight is 313 g/mol. The Morgan fingerprint density at radius 3 is 2.17 bits per heavy atom. The van der Waals surface area contributed by atoms with Crippen LogP contribution in [-0.4, -0.2) is 42.4 Å². The van der Waals surface area contributed by atoms with Crippen molar-refractivity contribution < 1.29 is 14.6 Å². The maximum absolute atomic E-state index is 9.49. The van der Waals surface area contributed by atoms with Gasteiger partial charge < -0.3 is 14.6 Å². The number of nitrogens with zero attached hydrogens (tertiary/aromatic N) is 1. The summed E-state index contributed by atoms with van der Waals surface area (Å²) in [5.74, 6) is 2.48. The first kappa shape index (κ1) is 15.8. The molecule has 0 atom stereocenters. The minimum absolute atomic E-state index is 0.121. The van der Waals surface area contributed by atoms with Crippen molar-refractivity contribution in [3.63, 3.8) is 0 Å². The molecule has 1 aliphatic rings. The number of rotatable bonds is 6. The first-order chi connectivity index (χ1) is 11.3. The van der Waals surface area contributed by atoms with Crippen LogP contribution in [0.1, 0.15) is 12.8 Å². The van der Waals surface area contributed by atoms with Crippen molar-refractivity contribution in [1.29, 1.82) is 0 Å². The number of hydrogen-bond donors (Lipinski definition) is 1. The Hall–Kier alpha value is -2.04. The zero-order valence-electron chi connectivity index (χ0n) is 13.2. The molecule has 0 spiro atoms. The molecular weight excluding hydrogens is 290 g/mol. The SMILES string of the molecule is OC1CCN(CCOc2ccc(Oc3ccccc3)cc2)CC1. The van der Waals surface area contributed by atoms with E-state index in [0.29, 0.717) is 6.61 Å². The van der Waals surface area contributed by atoms with Crippen LogP contribution in [0.5, 0.6) is 17.2 Å². The van der Waals surface area contributed by atoms with E-state index in [1.165, 1.54) is 0 Å². The van der Waals surface area contributed by atoms with Gasteiger partial charge in [0.05, 0.1) is 6.10 Å². The standard InChI is InChI=1S/C19H23NO3/c21-16-10-12-20(13-11-16)14-15-22-17-6-8-19(9-7-17)23-18-4-2-1-3-5-18/h1-9,16,21H,10-15H2. The second kappa shape index (κ2) is 7.99. The van der Waals surface area contributed by atoms with Crippen LogP contribution in [0.3, 0.4) is 0 Å². The van der Waals surface area contributed by atoms with E-state index in [4.69, 9.17) is 9.47 Å². The van der Waals surface area contributed by atoms with Crippen LogP contribution in [0, 0.1) is 0 Å². The van der Waals surface area contributed by atoms with Crippen molar-refractivity contribution in [3.05, 3.63) is 54.6 Å². The van der Waals surface area contributed by atoms with E-state index < -0.39 is 0 Å². The van der Waals surface area contributed by atoms with Crippen LogP contribution in [0.25, 0.3) is 0 Å². The Balaban J connectivity index is 1.42. The summed E-state index contributed by atoms with van der Waals surface area (Å²) in [5.41, 5.74) is 0. The fraction of sp³-hybridized carbons (Fsp3) is 0.368. The molecule has 2 aromatic rings. The Morgan fingerprint density at radius 2 is 1.48 bits per heavy atom. The summed E-state index contributed by atoms with van der Waals surface area (Å²) in [6, 6.07) is 17.4. The molecule has 0 amide bonds. The molecule has 4 heteroatoms. The van der Waals surface area contributed by atoms with Gasteiger partial charge in [0, 0.05) is 19.6 Å². The van der Waals surface area contributed by atoms with Gasteiger partial charge in [-0.15, -0.1) is 0 Å². The van der Waals surface area contributed by atoms with Crippen molar-refractivity contribution in [1.82, 2.24) is 4.90 Å². The first-order valence-corrected chi connectivity index (χ1v) is 8.16. The lowest BCUT2D eigenvalue weighted by atomic mass is 10.1. The maximum Gasteiger partial charge on any atom is 0.127 e. The molecule has 1 heterocycles.